The number of rotatable bonds is 67. The van der Waals surface area contributed by atoms with Crippen LogP contribution in [0.1, 0.15) is 181 Å². The predicted molar refractivity (Wildman–Crippen MR) is 473 cm³/mol. The van der Waals surface area contributed by atoms with E-state index in [1.807, 2.05) is 0 Å². The third kappa shape index (κ3) is 41.2. The molecule has 1 fully saturated rings. The van der Waals surface area contributed by atoms with Crippen LogP contribution < -0.4 is 48.3 Å². The Hall–Kier alpha value is -11.6. The van der Waals surface area contributed by atoms with E-state index in [1.165, 1.54) is 53.4 Å². The highest BCUT2D eigenvalue weighted by atomic mass is 32.2. The Morgan fingerprint density at radius 2 is 0.924 bits per heavy atom. The lowest BCUT2D eigenvalue weighted by Crippen LogP contribution is -2.52. The predicted octanol–water partition coefficient (Wildman–Crippen LogP) is 1.61. The summed E-state index contributed by atoms with van der Waals surface area (Å²) in [5, 5.41) is 113. The van der Waals surface area contributed by atoms with Gasteiger partial charge >= 0.3 is 23.9 Å². The summed E-state index contributed by atoms with van der Waals surface area (Å²) in [6.45, 7) is 8.12. The van der Waals surface area contributed by atoms with Crippen molar-refractivity contribution in [2.45, 2.75) is 232 Å². The van der Waals surface area contributed by atoms with Crippen molar-refractivity contribution in [1.29, 1.82) is 0 Å². The molecule has 39 nitrogen and oxygen atoms in total. The van der Waals surface area contributed by atoms with Crippen LogP contribution in [-0.2, 0) is 110 Å². The van der Waals surface area contributed by atoms with E-state index in [0.29, 0.717) is 36.9 Å². The van der Waals surface area contributed by atoms with Crippen LogP contribution in [-0.4, -0.2) is 268 Å². The zero-order chi connectivity index (χ0) is 97.9. The molecule has 16 atom stereocenters. The van der Waals surface area contributed by atoms with Crippen molar-refractivity contribution < 1.29 is 142 Å². The van der Waals surface area contributed by atoms with E-state index >= 15 is 0 Å². The number of urea groups is 1. The largest absolute Gasteiger partial charge is 0.508 e. The van der Waals surface area contributed by atoms with Crippen LogP contribution in [0.4, 0.5) is 4.79 Å². The lowest BCUT2D eigenvalue weighted by atomic mass is 9.85. The van der Waals surface area contributed by atoms with Crippen molar-refractivity contribution in [3.63, 3.8) is 0 Å². The number of hydrogen-bond donors (Lipinski definition) is 18. The van der Waals surface area contributed by atoms with Crippen LogP contribution in [0.2, 0.25) is 0 Å². The number of carbonyl (C=O) groups excluding carboxylic acids is 17. The van der Waals surface area contributed by atoms with Crippen LogP contribution in [0.25, 0.3) is 0 Å². The number of aliphatic hydroxyl groups excluding tert-OH is 4. The van der Waals surface area contributed by atoms with Gasteiger partial charge in [-0.3, -0.25) is 96.4 Å². The fourth-order valence-corrected chi connectivity index (χ4v) is 15.5. The Kier molecular flexibility index (Phi) is 49.1. The van der Waals surface area contributed by atoms with Crippen molar-refractivity contribution in [1.82, 2.24) is 47.4 Å². The normalized spacial score (nSPS) is 15.6. The van der Waals surface area contributed by atoms with Crippen LogP contribution in [0.5, 0.6) is 11.5 Å². The Morgan fingerprint density at radius 3 is 1.44 bits per heavy atom. The van der Waals surface area contributed by atoms with Gasteiger partial charge < -0.3 is 93.8 Å². The Balaban J connectivity index is 1.53. The number of nitrogens with zero attached hydrogens (tertiary/aromatic N) is 1. The number of phenolic OH excluding ortho intramolecular Hbond substituents is 2. The number of ketones is 8. The Bertz CT molecular complexity index is 4420. The first-order valence-corrected chi connectivity index (χ1v) is 45.0. The molecule has 722 valence electrons. The summed E-state index contributed by atoms with van der Waals surface area (Å²) in [6, 6.07) is 9.79. The molecule has 0 unspecified atom stereocenters. The number of carboxylic acid groups (broad SMARTS) is 3. The minimum absolute atomic E-state index is 0.0232. The fraction of sp³-hybridized carbons (Fsp3) is 0.582. The van der Waals surface area contributed by atoms with Gasteiger partial charge in [-0.1, -0.05) is 95.1 Å². The second-order valence-corrected chi connectivity index (χ2v) is 35.0. The molecule has 0 saturated carbocycles. The second-order valence-electron chi connectivity index (χ2n) is 34.0. The smallest absolute Gasteiger partial charge is 0.324 e. The molecule has 40 heteroatoms. The van der Waals surface area contributed by atoms with Crippen molar-refractivity contribution in [2.75, 3.05) is 50.9 Å². The number of phenols is 2. The first-order valence-electron chi connectivity index (χ1n) is 43.8. The topological polar surface area (TPSA) is 649 Å². The van der Waals surface area contributed by atoms with Gasteiger partial charge in [-0.05, 0) is 131 Å². The van der Waals surface area contributed by atoms with E-state index in [9.17, 15) is 142 Å². The fourth-order valence-electron chi connectivity index (χ4n) is 14.7. The summed E-state index contributed by atoms with van der Waals surface area (Å²) >= 11 is 0.940. The molecule has 4 rings (SSSR count). The van der Waals surface area contributed by atoms with E-state index in [1.54, 1.807) is 65.0 Å². The van der Waals surface area contributed by atoms with Crippen molar-refractivity contribution >= 4 is 129 Å². The minimum atomic E-state index is -2.00. The molecule has 131 heavy (non-hydrogen) atoms. The summed E-state index contributed by atoms with van der Waals surface area (Å²) in [6.07, 6.45) is -9.97. The number of nitrogens with one attached hydrogen (secondary N) is 8. The van der Waals surface area contributed by atoms with Crippen molar-refractivity contribution in [3.05, 3.63) is 95.6 Å². The van der Waals surface area contributed by atoms with Gasteiger partial charge in [0.25, 0.3) is 0 Å². The number of Topliss-reactive ketones (excluding diaryl/α,β-unsaturated/α-hetero) is 8. The van der Waals surface area contributed by atoms with Gasteiger partial charge in [0.2, 0.25) is 47.3 Å². The molecule has 19 N–H and O–H groups in total. The first kappa shape index (κ1) is 112. The number of unbranched alkanes of at least 4 members (excludes halogenated alkanes) is 1. The third-order valence-electron chi connectivity index (χ3n) is 22.5. The molecule has 3 aromatic carbocycles. The zero-order valence-corrected chi connectivity index (χ0v) is 75.8. The van der Waals surface area contributed by atoms with Gasteiger partial charge in [0.15, 0.2) is 34.7 Å². The number of thioether (sulfide) groups is 1. The molecule has 0 bridgehead atoms. The number of nitrogens with two attached hydrogens (primary N) is 1. The number of carbonyl (C=O) groups is 20. The van der Waals surface area contributed by atoms with Crippen LogP contribution in [0, 0.1) is 53.3 Å². The number of aliphatic hydroxyl groups is 4. The maximum absolute atomic E-state index is 14.8. The molecule has 3 aromatic rings. The highest BCUT2D eigenvalue weighted by Crippen LogP contribution is 2.27. The van der Waals surface area contributed by atoms with E-state index in [-0.39, 0.29) is 98.3 Å². The highest BCUT2D eigenvalue weighted by molar-refractivity contribution is 8.00. The number of hydrogen-bond acceptors (Lipinski definition) is 28. The SMILES string of the molecule is CC[C@H](C)[C@H](NC(=O)[C@H](CO)CC(=O)[C@H](Cc1ccc(O)cc1)NC(=O)[C@H](CC(=O)O)CC(=O)[C@H](CO)NC(=O)[C@@H](CC(=O)[C@H](Cc1ccccc1)NC(=O)[C@@H](CC(=O)CNC(=O)[C@H](CCC(=O)O)CC(=O)CSCC(=O)CCCN1CC(=O)NC1=O)[C@@H](C)O)[C@@H](C)O)C(=O)C[C@@H](Cc1ccc(O)cc1)C(=O)N[C@@H](CC(C)C)C(=O)C[C@@H](CC(=O)O)C(=O)N[C@H](C)CCCCN. The molecule has 0 radical (unpaired) electrons. The molecule has 1 aliphatic rings. The molecule has 0 aliphatic carbocycles. The van der Waals surface area contributed by atoms with Crippen LogP contribution in [0.3, 0.4) is 0 Å². The molecule has 1 aliphatic heterocycles. The number of aliphatic carboxylic acids is 3. The monoisotopic (exact) mass is 1860 g/mol. The van der Waals surface area contributed by atoms with Gasteiger partial charge in [0.1, 0.15) is 35.7 Å². The lowest BCUT2D eigenvalue weighted by Gasteiger charge is -2.28. The maximum Gasteiger partial charge on any atom is 0.324 e. The molecule has 0 spiro atoms. The number of aromatic hydroxyl groups is 2. The van der Waals surface area contributed by atoms with E-state index < -0.39 is 298 Å². The number of benzene rings is 3. The molecular weight excluding hydrogens is 1730 g/mol. The van der Waals surface area contributed by atoms with Gasteiger partial charge in [-0.2, -0.15) is 0 Å². The van der Waals surface area contributed by atoms with E-state index in [4.69, 9.17) is 5.73 Å². The van der Waals surface area contributed by atoms with Gasteiger partial charge in [-0.15, -0.1) is 11.8 Å². The molecule has 1 heterocycles. The number of amides is 10. The van der Waals surface area contributed by atoms with E-state index in [2.05, 4.69) is 42.5 Å². The van der Waals surface area contributed by atoms with Crippen molar-refractivity contribution in [3.8, 4) is 11.5 Å². The highest BCUT2D eigenvalue weighted by Gasteiger charge is 2.41. The van der Waals surface area contributed by atoms with Gasteiger partial charge in [0.05, 0.1) is 110 Å². The quantitative estimate of drug-likeness (QED) is 0.0282. The maximum atomic E-state index is 14.8. The number of imide groups is 1. The molecule has 1 saturated heterocycles. The van der Waals surface area contributed by atoms with E-state index in [0.717, 1.165) is 25.6 Å². The van der Waals surface area contributed by atoms with Gasteiger partial charge in [-0.25, -0.2) is 4.79 Å². The molecule has 10 amide bonds. The molecule has 0 aromatic heterocycles. The second kappa shape index (κ2) is 57.6. The third-order valence-corrected chi connectivity index (χ3v) is 23.5. The summed E-state index contributed by atoms with van der Waals surface area (Å²) in [5.41, 5.74) is 6.76. The Labute approximate surface area is 763 Å². The standard InChI is InChI=1S/C91H128N10O29S/c1-8-51(4)83(78(115)38-59(32-56-19-24-63(106)25-20-56)86(125)95-70(31-50(2)3)74(111)36-60(40-81(119)120)85(124)94-52(5)15-12-13-29-92)100-88(127)62(46-102)39-75(112)71(34-57-21-26-64(107)27-22-57)96-87(126)61(41-82(121)122)37-76(113)73(47-103)98-90(129)69(54(7)105)43-77(114)72(33-55-16-10-9-11-17-55)97-89(128)68(53(6)104)42-66(109)44-93-84(123)58(23-28-80(117)118)35-67(110)49-131-48-65(108)18-14-30-101-45-79(116)99-91(101)130/h9-11,16-17,19-22,24-27,50-54,58-62,68-73,83,102-107H,8,12-15,18,23,28-49,92H2,1-7H3,(H,93,123)(H,94,124)(H,95,125)(H,96,126)(H,97,128)(H,98,129)(H,100,127)(H,117,118)(H,119,120)(H,121,122)(H,99,116,130)/t51-,52+,53+,54+,58+,59+,60-,61-,62-,68-,69-,70-,71-,72-,73-,83-/m0/s1. The summed E-state index contributed by atoms with van der Waals surface area (Å²) in [5.74, 6) is -30.7. The van der Waals surface area contributed by atoms with Crippen LogP contribution >= 0.6 is 11.8 Å². The summed E-state index contributed by atoms with van der Waals surface area (Å²) < 4.78 is 0. The lowest BCUT2D eigenvalue weighted by molar-refractivity contribution is -0.143. The zero-order valence-electron chi connectivity index (χ0n) is 74.9. The average Bonchev–Trinajstić information content (AvgIpc) is 1.67. The summed E-state index contributed by atoms with van der Waals surface area (Å²) in [7, 11) is 0. The van der Waals surface area contributed by atoms with Gasteiger partial charge in [0, 0.05) is 82.2 Å². The average molecular weight is 1860 g/mol. The first-order chi connectivity index (χ1) is 61.8. The Morgan fingerprint density at radius 1 is 0.450 bits per heavy atom. The summed E-state index contributed by atoms with van der Waals surface area (Å²) in [4.78, 5) is 272. The molecular formula is C91H128N10O29S. The number of carboxylic acids is 3. The minimum Gasteiger partial charge on any atom is -0.508 e. The van der Waals surface area contributed by atoms with Crippen LogP contribution in [0.15, 0.2) is 78.9 Å². The van der Waals surface area contributed by atoms with Crippen molar-refractivity contribution in [2.24, 2.45) is 59.0 Å².